The SMILES string of the molecule is CC(CN(C(=O)C(F)(F)F)C(=O)C(F)(F)F)c1ccccc1. The monoisotopic (exact) mass is 327 g/mol. The molecule has 122 valence electrons. The number of imide groups is 1. The van der Waals surface area contributed by atoms with Crippen LogP contribution in [0.2, 0.25) is 0 Å². The fourth-order valence-electron chi connectivity index (χ4n) is 1.72. The van der Waals surface area contributed by atoms with E-state index in [0.717, 1.165) is 0 Å². The van der Waals surface area contributed by atoms with Crippen LogP contribution >= 0.6 is 0 Å². The first kappa shape index (κ1) is 18.0. The lowest BCUT2D eigenvalue weighted by molar-refractivity contribution is -0.204. The Kier molecular flexibility index (Phi) is 5.21. The molecule has 0 fully saturated rings. The molecule has 0 aliphatic carbocycles. The van der Waals surface area contributed by atoms with E-state index in [4.69, 9.17) is 0 Å². The normalized spacial score (nSPS) is 13.6. The molecule has 2 amide bonds. The van der Waals surface area contributed by atoms with Crippen LogP contribution in [0.3, 0.4) is 0 Å². The van der Waals surface area contributed by atoms with E-state index in [2.05, 4.69) is 0 Å². The Balaban J connectivity index is 3.06. The van der Waals surface area contributed by atoms with Crippen molar-refractivity contribution >= 4 is 11.8 Å². The predicted molar refractivity (Wildman–Crippen MR) is 63.7 cm³/mol. The van der Waals surface area contributed by atoms with Gasteiger partial charge in [-0.2, -0.15) is 26.3 Å². The summed E-state index contributed by atoms with van der Waals surface area (Å²) in [6.07, 6.45) is -11.1. The fourth-order valence-corrected chi connectivity index (χ4v) is 1.72. The molecule has 0 bridgehead atoms. The van der Waals surface area contributed by atoms with Crippen LogP contribution < -0.4 is 0 Å². The standard InChI is InChI=1S/C13H11F6NO2/c1-8(9-5-3-2-4-6-9)7-20(10(21)12(14,15)16)11(22)13(17,18)19/h2-6,8H,7H2,1H3. The highest BCUT2D eigenvalue weighted by Crippen LogP contribution is 2.27. The van der Waals surface area contributed by atoms with E-state index in [0.29, 0.717) is 5.56 Å². The molecule has 0 saturated heterocycles. The molecule has 0 N–H and O–H groups in total. The Hall–Kier alpha value is -2.06. The second kappa shape index (κ2) is 6.37. The van der Waals surface area contributed by atoms with E-state index in [1.807, 2.05) is 0 Å². The number of benzene rings is 1. The zero-order chi connectivity index (χ0) is 17.1. The Labute approximate surface area is 121 Å². The average Bonchev–Trinajstić information content (AvgIpc) is 2.42. The minimum atomic E-state index is -5.57. The van der Waals surface area contributed by atoms with E-state index in [1.165, 1.54) is 31.2 Å². The highest BCUT2D eigenvalue weighted by molar-refractivity contribution is 6.00. The second-order valence-corrected chi connectivity index (χ2v) is 4.53. The van der Waals surface area contributed by atoms with E-state index in [9.17, 15) is 35.9 Å². The molecule has 9 heteroatoms. The Morgan fingerprint density at radius 1 is 0.955 bits per heavy atom. The number of carbonyl (C=O) groups is 2. The minimum Gasteiger partial charge on any atom is -0.266 e. The lowest BCUT2D eigenvalue weighted by Gasteiger charge is -2.26. The lowest BCUT2D eigenvalue weighted by atomic mass is 10.0. The number of hydrogen-bond acceptors (Lipinski definition) is 2. The molecular weight excluding hydrogens is 316 g/mol. The van der Waals surface area contributed by atoms with Crippen LogP contribution in [0.1, 0.15) is 18.4 Å². The van der Waals surface area contributed by atoms with Crippen molar-refractivity contribution in [3.8, 4) is 0 Å². The molecule has 0 spiro atoms. The summed E-state index contributed by atoms with van der Waals surface area (Å²) in [5, 5.41) is 0. The van der Waals surface area contributed by atoms with Gasteiger partial charge in [0.15, 0.2) is 0 Å². The van der Waals surface area contributed by atoms with Crippen molar-refractivity contribution < 1.29 is 35.9 Å². The van der Waals surface area contributed by atoms with Gasteiger partial charge in [-0.25, -0.2) is 0 Å². The van der Waals surface area contributed by atoms with Crippen molar-refractivity contribution in [2.45, 2.75) is 25.2 Å². The van der Waals surface area contributed by atoms with E-state index < -0.39 is 41.5 Å². The molecule has 3 nitrogen and oxygen atoms in total. The quantitative estimate of drug-likeness (QED) is 0.799. The van der Waals surface area contributed by atoms with E-state index in [1.54, 1.807) is 6.07 Å². The molecule has 0 aromatic heterocycles. The molecule has 0 aliphatic heterocycles. The molecule has 1 aromatic rings. The molecule has 22 heavy (non-hydrogen) atoms. The third-order valence-electron chi connectivity index (χ3n) is 2.80. The average molecular weight is 327 g/mol. The summed E-state index contributed by atoms with van der Waals surface area (Å²) < 4.78 is 74.3. The van der Waals surface area contributed by atoms with E-state index >= 15 is 0 Å². The van der Waals surface area contributed by atoms with Crippen molar-refractivity contribution in [3.05, 3.63) is 35.9 Å². The van der Waals surface area contributed by atoms with Crippen LogP contribution in [0.25, 0.3) is 0 Å². The summed E-state index contributed by atoms with van der Waals surface area (Å²) in [7, 11) is 0. The Morgan fingerprint density at radius 2 is 1.36 bits per heavy atom. The number of hydrogen-bond donors (Lipinski definition) is 0. The largest absolute Gasteiger partial charge is 0.471 e. The van der Waals surface area contributed by atoms with Crippen LogP contribution in [-0.2, 0) is 9.59 Å². The third kappa shape index (κ3) is 4.47. The molecule has 0 aliphatic rings. The summed E-state index contributed by atoms with van der Waals surface area (Å²) in [5.74, 6) is -6.56. The van der Waals surface area contributed by atoms with Gasteiger partial charge in [0.1, 0.15) is 0 Å². The Bertz CT molecular complexity index is 512. The molecule has 0 radical (unpaired) electrons. The summed E-state index contributed by atoms with van der Waals surface area (Å²) in [4.78, 5) is 21.4. The Morgan fingerprint density at radius 3 is 1.73 bits per heavy atom. The number of carbonyl (C=O) groups excluding carboxylic acids is 2. The highest BCUT2D eigenvalue weighted by atomic mass is 19.4. The maximum Gasteiger partial charge on any atom is 0.471 e. The van der Waals surface area contributed by atoms with Gasteiger partial charge < -0.3 is 0 Å². The molecule has 1 rings (SSSR count). The maximum absolute atomic E-state index is 12.4. The zero-order valence-corrected chi connectivity index (χ0v) is 11.2. The van der Waals surface area contributed by atoms with Crippen molar-refractivity contribution in [3.63, 3.8) is 0 Å². The fraction of sp³-hybridized carbons (Fsp3) is 0.385. The molecular formula is C13H11F6NO2. The van der Waals surface area contributed by atoms with Gasteiger partial charge in [0, 0.05) is 6.54 Å². The number of amides is 2. The second-order valence-electron chi connectivity index (χ2n) is 4.53. The van der Waals surface area contributed by atoms with Gasteiger partial charge in [-0.05, 0) is 11.5 Å². The van der Waals surface area contributed by atoms with Gasteiger partial charge >= 0.3 is 24.2 Å². The van der Waals surface area contributed by atoms with Gasteiger partial charge in [-0.15, -0.1) is 0 Å². The maximum atomic E-state index is 12.4. The zero-order valence-electron chi connectivity index (χ0n) is 11.2. The summed E-state index contributed by atoms with van der Waals surface area (Å²) in [6.45, 7) is 0.288. The van der Waals surface area contributed by atoms with Gasteiger partial charge in [0.2, 0.25) is 0 Å². The van der Waals surface area contributed by atoms with Crippen molar-refractivity contribution in [2.24, 2.45) is 0 Å². The molecule has 0 heterocycles. The smallest absolute Gasteiger partial charge is 0.266 e. The minimum absolute atomic E-state index is 0.400. The topological polar surface area (TPSA) is 37.4 Å². The molecule has 1 atom stereocenters. The highest BCUT2D eigenvalue weighted by Gasteiger charge is 2.52. The first-order chi connectivity index (χ1) is 9.94. The predicted octanol–water partition coefficient (Wildman–Crippen LogP) is 3.27. The van der Waals surface area contributed by atoms with Crippen LogP contribution in [0.15, 0.2) is 30.3 Å². The third-order valence-corrected chi connectivity index (χ3v) is 2.80. The number of alkyl halides is 6. The lowest BCUT2D eigenvalue weighted by Crippen LogP contribution is -2.51. The number of halogens is 6. The van der Waals surface area contributed by atoms with Gasteiger partial charge in [0.25, 0.3) is 0 Å². The molecule has 1 unspecified atom stereocenters. The van der Waals surface area contributed by atoms with Crippen LogP contribution in [-0.4, -0.2) is 35.6 Å². The first-order valence-corrected chi connectivity index (χ1v) is 5.99. The molecule has 0 saturated carbocycles. The van der Waals surface area contributed by atoms with Crippen molar-refractivity contribution in [2.75, 3.05) is 6.54 Å². The van der Waals surface area contributed by atoms with Crippen molar-refractivity contribution in [1.82, 2.24) is 4.90 Å². The van der Waals surface area contributed by atoms with Crippen molar-refractivity contribution in [1.29, 1.82) is 0 Å². The van der Waals surface area contributed by atoms with Crippen LogP contribution in [0.4, 0.5) is 26.3 Å². The van der Waals surface area contributed by atoms with Gasteiger partial charge in [0.05, 0.1) is 0 Å². The van der Waals surface area contributed by atoms with Gasteiger partial charge in [-0.3, -0.25) is 14.5 Å². The van der Waals surface area contributed by atoms with Gasteiger partial charge in [-0.1, -0.05) is 37.3 Å². The summed E-state index contributed by atoms with van der Waals surface area (Å²) >= 11 is 0. The van der Waals surface area contributed by atoms with E-state index in [-0.39, 0.29) is 0 Å². The number of rotatable bonds is 3. The molecule has 1 aromatic carbocycles. The van der Waals surface area contributed by atoms with Crippen LogP contribution in [0, 0.1) is 0 Å². The number of nitrogens with zero attached hydrogens (tertiary/aromatic N) is 1. The summed E-state index contributed by atoms with van der Waals surface area (Å²) in [6, 6.07) is 7.62. The first-order valence-electron chi connectivity index (χ1n) is 5.99. The van der Waals surface area contributed by atoms with Crippen LogP contribution in [0.5, 0.6) is 0 Å². The summed E-state index contributed by atoms with van der Waals surface area (Å²) in [5.41, 5.74) is 0.400.